The normalized spacial score (nSPS) is 11.5. The summed E-state index contributed by atoms with van der Waals surface area (Å²) in [6, 6.07) is 7.84. The van der Waals surface area contributed by atoms with Crippen LogP contribution in [0, 0.1) is 19.7 Å². The molecular weight excluding hydrogens is 283 g/mol. The van der Waals surface area contributed by atoms with E-state index in [9.17, 15) is 17.3 Å². The van der Waals surface area contributed by atoms with Crippen molar-refractivity contribution >= 4 is 12.4 Å². The van der Waals surface area contributed by atoms with Crippen LogP contribution >= 0.6 is 0 Å². The second-order valence-corrected chi connectivity index (χ2v) is 4.92. The molecule has 0 unspecified atom stereocenters. The predicted octanol–water partition coefficient (Wildman–Crippen LogP) is 4.08. The molecule has 21 heavy (non-hydrogen) atoms. The Kier molecular flexibility index (Phi) is 4.25. The van der Waals surface area contributed by atoms with Crippen LogP contribution in [0.3, 0.4) is 0 Å². The highest BCUT2D eigenvalue weighted by molar-refractivity contribution is 6.73. The Morgan fingerprint density at radius 1 is 1.00 bits per heavy atom. The van der Waals surface area contributed by atoms with Gasteiger partial charge in [-0.3, -0.25) is 0 Å². The van der Waals surface area contributed by atoms with Crippen LogP contribution in [0.4, 0.5) is 17.3 Å². The number of hydrogen-bond acceptors (Lipinski definition) is 1. The molecule has 0 aromatic heterocycles. The summed E-state index contributed by atoms with van der Waals surface area (Å²) in [6.07, 6.45) is 0. The van der Waals surface area contributed by atoms with Crippen molar-refractivity contribution in [2.45, 2.75) is 20.5 Å². The molecule has 0 atom stereocenters. The van der Waals surface area contributed by atoms with Crippen LogP contribution in [-0.4, -0.2) is 6.98 Å². The molecule has 0 radical (unpaired) electrons. The van der Waals surface area contributed by atoms with Crippen LogP contribution in [0.5, 0.6) is 5.75 Å². The maximum atomic E-state index is 13.6. The molecule has 0 saturated carbocycles. The highest BCUT2D eigenvalue weighted by Gasteiger charge is 2.26. The third kappa shape index (κ3) is 3.57. The van der Waals surface area contributed by atoms with Gasteiger partial charge in [0.25, 0.3) is 0 Å². The summed E-state index contributed by atoms with van der Waals surface area (Å²) >= 11 is 0. The summed E-state index contributed by atoms with van der Waals surface area (Å²) in [4.78, 5) is 0. The molecule has 2 aromatic rings. The molecule has 0 N–H and O–H groups in total. The van der Waals surface area contributed by atoms with E-state index in [2.05, 4.69) is 0 Å². The Labute approximate surface area is 120 Å². The van der Waals surface area contributed by atoms with Gasteiger partial charge in [0.2, 0.25) is 0 Å². The van der Waals surface area contributed by atoms with Crippen molar-refractivity contribution in [1.82, 2.24) is 0 Å². The Balaban J connectivity index is 2.24. The lowest BCUT2D eigenvalue weighted by Gasteiger charge is -2.17. The summed E-state index contributed by atoms with van der Waals surface area (Å²) in [5, 5.41) is 0. The van der Waals surface area contributed by atoms with Crippen LogP contribution in [0.2, 0.25) is 0 Å². The lowest BCUT2D eigenvalue weighted by atomic mass is 9.80. The maximum absolute atomic E-state index is 13.6. The lowest BCUT2D eigenvalue weighted by molar-refractivity contribution is 0.289. The zero-order chi connectivity index (χ0) is 15.6. The zero-order valence-corrected chi connectivity index (χ0v) is 11.7. The quantitative estimate of drug-likeness (QED) is 0.610. The van der Waals surface area contributed by atoms with E-state index in [1.807, 2.05) is 32.0 Å². The molecule has 0 heterocycles. The van der Waals surface area contributed by atoms with E-state index >= 15 is 0 Å². The SMILES string of the molecule is Cc1cccc(C)c1COc1cc([B-](F)(F)F)ccc1F. The molecule has 0 saturated heterocycles. The van der Waals surface area contributed by atoms with Crippen LogP contribution in [0.1, 0.15) is 16.7 Å². The Morgan fingerprint density at radius 2 is 1.62 bits per heavy atom. The van der Waals surface area contributed by atoms with Gasteiger partial charge in [-0.1, -0.05) is 24.3 Å². The molecule has 0 spiro atoms. The van der Waals surface area contributed by atoms with Crippen molar-refractivity contribution in [3.05, 3.63) is 58.9 Å². The Morgan fingerprint density at radius 3 is 2.19 bits per heavy atom. The summed E-state index contributed by atoms with van der Waals surface area (Å²) in [7, 11) is 0. The van der Waals surface area contributed by atoms with Gasteiger partial charge in [0.1, 0.15) is 6.61 Å². The highest BCUT2D eigenvalue weighted by atomic mass is 19.4. The van der Waals surface area contributed by atoms with Crippen LogP contribution < -0.4 is 10.2 Å². The molecule has 0 amide bonds. The standard InChI is InChI=1S/C15H14BF4O/c1-10-4-3-5-11(2)13(10)9-21-15-8-12(16(18,19)20)6-7-14(15)17/h3-8H,9H2,1-2H3/q-1. The van der Waals surface area contributed by atoms with E-state index in [0.29, 0.717) is 6.07 Å². The van der Waals surface area contributed by atoms with Gasteiger partial charge in [-0.25, -0.2) is 4.39 Å². The summed E-state index contributed by atoms with van der Waals surface area (Å²) in [5.74, 6) is -1.18. The van der Waals surface area contributed by atoms with E-state index < -0.39 is 18.3 Å². The Hall–Kier alpha value is -1.98. The van der Waals surface area contributed by atoms with Gasteiger partial charge in [0.05, 0.1) is 0 Å². The van der Waals surface area contributed by atoms with Gasteiger partial charge in [0, 0.05) is 0 Å². The minimum Gasteiger partial charge on any atom is -0.486 e. The monoisotopic (exact) mass is 297 g/mol. The first-order chi connectivity index (χ1) is 9.79. The second kappa shape index (κ2) is 5.80. The molecule has 2 aromatic carbocycles. The molecular formula is C15H14BF4O-. The van der Waals surface area contributed by atoms with E-state index in [0.717, 1.165) is 28.8 Å². The fraction of sp³-hybridized carbons (Fsp3) is 0.200. The molecule has 0 bridgehead atoms. The summed E-state index contributed by atoms with van der Waals surface area (Å²) in [6.45, 7) is -1.40. The molecule has 0 aliphatic heterocycles. The number of rotatable bonds is 4. The molecule has 2 rings (SSSR count). The van der Waals surface area contributed by atoms with Crippen molar-refractivity contribution in [1.29, 1.82) is 0 Å². The van der Waals surface area contributed by atoms with Crippen molar-refractivity contribution in [3.8, 4) is 5.75 Å². The van der Waals surface area contributed by atoms with Crippen molar-refractivity contribution in [2.75, 3.05) is 0 Å². The minimum absolute atomic E-state index is 0.0315. The largest absolute Gasteiger partial charge is 0.509 e. The van der Waals surface area contributed by atoms with Gasteiger partial charge < -0.3 is 17.7 Å². The molecule has 0 fully saturated rings. The summed E-state index contributed by atoms with van der Waals surface area (Å²) < 4.78 is 56.9. The zero-order valence-electron chi connectivity index (χ0n) is 11.7. The van der Waals surface area contributed by atoms with Gasteiger partial charge in [-0.05, 0) is 42.7 Å². The first-order valence-corrected chi connectivity index (χ1v) is 6.46. The molecule has 1 nitrogen and oxygen atoms in total. The van der Waals surface area contributed by atoms with Crippen LogP contribution in [0.15, 0.2) is 36.4 Å². The summed E-state index contributed by atoms with van der Waals surface area (Å²) in [5.41, 5.74) is 1.88. The molecule has 6 heteroatoms. The van der Waals surface area contributed by atoms with Gasteiger partial charge >= 0.3 is 6.98 Å². The number of halogens is 4. The maximum Gasteiger partial charge on any atom is 0.509 e. The number of ether oxygens (including phenoxy) is 1. The molecule has 112 valence electrons. The van der Waals surface area contributed by atoms with Crippen molar-refractivity contribution < 1.29 is 22.1 Å². The van der Waals surface area contributed by atoms with Crippen molar-refractivity contribution in [3.63, 3.8) is 0 Å². The fourth-order valence-corrected chi connectivity index (χ4v) is 2.06. The average Bonchev–Trinajstić information content (AvgIpc) is 2.38. The molecule has 0 aliphatic rings. The van der Waals surface area contributed by atoms with Gasteiger partial charge in [-0.2, -0.15) is 0 Å². The minimum atomic E-state index is -5.17. The third-order valence-electron chi connectivity index (χ3n) is 3.35. The van der Waals surface area contributed by atoms with Crippen LogP contribution in [-0.2, 0) is 6.61 Å². The first kappa shape index (κ1) is 15.4. The van der Waals surface area contributed by atoms with E-state index in [-0.39, 0.29) is 12.4 Å². The number of hydrogen-bond donors (Lipinski definition) is 0. The third-order valence-corrected chi connectivity index (χ3v) is 3.35. The van der Waals surface area contributed by atoms with E-state index in [1.165, 1.54) is 0 Å². The Bertz CT molecular complexity index is 632. The van der Waals surface area contributed by atoms with Crippen LogP contribution in [0.25, 0.3) is 0 Å². The van der Waals surface area contributed by atoms with Crippen molar-refractivity contribution in [2.24, 2.45) is 0 Å². The van der Waals surface area contributed by atoms with Gasteiger partial charge in [0.15, 0.2) is 11.6 Å². The topological polar surface area (TPSA) is 9.23 Å². The fourth-order valence-electron chi connectivity index (χ4n) is 2.06. The predicted molar refractivity (Wildman–Crippen MR) is 75.4 cm³/mol. The first-order valence-electron chi connectivity index (χ1n) is 6.46. The molecule has 0 aliphatic carbocycles. The van der Waals surface area contributed by atoms with E-state index in [4.69, 9.17) is 4.74 Å². The lowest BCUT2D eigenvalue weighted by Crippen LogP contribution is -2.34. The number of benzene rings is 2. The van der Waals surface area contributed by atoms with E-state index in [1.54, 1.807) is 0 Å². The highest BCUT2D eigenvalue weighted by Crippen LogP contribution is 2.21. The number of aryl methyl sites for hydroxylation is 2. The second-order valence-electron chi connectivity index (χ2n) is 4.92. The smallest absolute Gasteiger partial charge is 0.486 e. The van der Waals surface area contributed by atoms with Gasteiger partial charge in [-0.15, -0.1) is 5.46 Å². The average molecular weight is 297 g/mol.